The standard InChI is InChI=1S/C14H28N4OSi/c1-5-18-8-6-14(11-15,7-9-18)17-13(19)12(16)10-20(2,3)4/h12H,5-10,16H2,1-4H3,(H,17,19). The smallest absolute Gasteiger partial charge is 0.237 e. The second-order valence-electron chi connectivity index (χ2n) is 6.99. The quantitative estimate of drug-likeness (QED) is 0.746. The Morgan fingerprint density at radius 1 is 1.45 bits per heavy atom. The molecule has 6 heteroatoms. The summed E-state index contributed by atoms with van der Waals surface area (Å²) in [6.07, 6.45) is 1.37. The number of nitrogens with one attached hydrogen (secondary N) is 1. The molecule has 1 amide bonds. The minimum absolute atomic E-state index is 0.168. The van der Waals surface area contributed by atoms with Crippen LogP contribution in [0.1, 0.15) is 19.8 Å². The van der Waals surface area contributed by atoms with Crippen molar-refractivity contribution in [3.05, 3.63) is 0 Å². The normalized spacial score (nSPS) is 21.0. The van der Waals surface area contributed by atoms with E-state index in [1.807, 2.05) is 0 Å². The number of carbonyl (C=O) groups excluding carboxylic acids is 1. The lowest BCUT2D eigenvalue weighted by molar-refractivity contribution is -0.123. The Hall–Kier alpha value is -0.903. The highest BCUT2D eigenvalue weighted by atomic mass is 28.3. The second-order valence-corrected chi connectivity index (χ2v) is 12.5. The van der Waals surface area contributed by atoms with E-state index in [0.29, 0.717) is 12.8 Å². The van der Waals surface area contributed by atoms with Gasteiger partial charge in [0.25, 0.3) is 0 Å². The monoisotopic (exact) mass is 296 g/mol. The fourth-order valence-corrected chi connectivity index (χ4v) is 4.10. The average molecular weight is 296 g/mol. The number of rotatable bonds is 5. The van der Waals surface area contributed by atoms with Crippen molar-refractivity contribution in [3.63, 3.8) is 0 Å². The fourth-order valence-electron chi connectivity index (χ4n) is 2.60. The number of nitrogens with zero attached hydrogens (tertiary/aromatic N) is 2. The van der Waals surface area contributed by atoms with E-state index in [2.05, 4.69) is 42.9 Å². The van der Waals surface area contributed by atoms with Gasteiger partial charge in [0.05, 0.1) is 12.1 Å². The van der Waals surface area contributed by atoms with Gasteiger partial charge in [-0.15, -0.1) is 0 Å². The van der Waals surface area contributed by atoms with Gasteiger partial charge in [0.2, 0.25) is 5.91 Å². The highest BCUT2D eigenvalue weighted by Gasteiger charge is 2.37. The molecule has 20 heavy (non-hydrogen) atoms. The molecule has 0 radical (unpaired) electrons. The summed E-state index contributed by atoms with van der Waals surface area (Å²) in [6.45, 7) is 11.4. The first-order valence-electron chi connectivity index (χ1n) is 7.42. The van der Waals surface area contributed by atoms with Crippen molar-refractivity contribution in [2.24, 2.45) is 5.73 Å². The zero-order valence-electron chi connectivity index (χ0n) is 13.2. The van der Waals surface area contributed by atoms with Crippen LogP contribution in [0.15, 0.2) is 0 Å². The van der Waals surface area contributed by atoms with Gasteiger partial charge < -0.3 is 16.0 Å². The molecule has 5 nitrogen and oxygen atoms in total. The zero-order valence-corrected chi connectivity index (χ0v) is 14.2. The van der Waals surface area contributed by atoms with Crippen LogP contribution < -0.4 is 11.1 Å². The Bertz CT molecular complexity index is 378. The highest BCUT2D eigenvalue weighted by Crippen LogP contribution is 2.22. The number of amides is 1. The molecule has 0 aliphatic carbocycles. The van der Waals surface area contributed by atoms with Crippen LogP contribution in [-0.4, -0.2) is 50.1 Å². The lowest BCUT2D eigenvalue weighted by Gasteiger charge is -2.38. The SMILES string of the molecule is CCN1CCC(C#N)(NC(=O)C(N)C[Si](C)(C)C)CC1. The molecular weight excluding hydrogens is 268 g/mol. The first-order valence-corrected chi connectivity index (χ1v) is 11.1. The van der Waals surface area contributed by atoms with Gasteiger partial charge in [-0.1, -0.05) is 26.6 Å². The van der Waals surface area contributed by atoms with Crippen LogP contribution in [0.2, 0.25) is 25.7 Å². The predicted molar refractivity (Wildman–Crippen MR) is 84.0 cm³/mol. The number of nitriles is 1. The molecule has 3 N–H and O–H groups in total. The van der Waals surface area contributed by atoms with Crippen LogP contribution in [0.3, 0.4) is 0 Å². The molecule has 1 fully saturated rings. The second kappa shape index (κ2) is 6.70. The van der Waals surface area contributed by atoms with E-state index < -0.39 is 19.7 Å². The first kappa shape index (κ1) is 17.1. The van der Waals surface area contributed by atoms with E-state index in [1.54, 1.807) is 0 Å². The molecule has 1 aliphatic rings. The molecule has 1 atom stereocenters. The van der Waals surface area contributed by atoms with Crippen molar-refractivity contribution < 1.29 is 4.79 Å². The van der Waals surface area contributed by atoms with Crippen molar-refractivity contribution >= 4 is 14.0 Å². The minimum atomic E-state index is -1.38. The molecule has 1 rings (SSSR count). The molecule has 0 bridgehead atoms. The molecule has 1 unspecified atom stereocenters. The van der Waals surface area contributed by atoms with Gasteiger partial charge in [-0.3, -0.25) is 4.79 Å². The summed E-state index contributed by atoms with van der Waals surface area (Å²) in [5, 5.41) is 12.4. The minimum Gasteiger partial charge on any atom is -0.336 e. The Balaban J connectivity index is 2.61. The number of nitrogens with two attached hydrogens (primary N) is 1. The van der Waals surface area contributed by atoms with Crippen molar-refractivity contribution in [1.82, 2.24) is 10.2 Å². The molecule has 0 aromatic carbocycles. The average Bonchev–Trinajstić information content (AvgIpc) is 2.37. The third-order valence-corrected chi connectivity index (χ3v) is 5.57. The molecule has 1 aliphatic heterocycles. The molecular formula is C14H28N4OSi. The first-order chi connectivity index (χ1) is 9.21. The lowest BCUT2D eigenvalue weighted by atomic mass is 9.88. The van der Waals surface area contributed by atoms with Crippen molar-refractivity contribution in [1.29, 1.82) is 5.26 Å². The summed E-state index contributed by atoms with van der Waals surface area (Å²) in [5.41, 5.74) is 5.27. The van der Waals surface area contributed by atoms with Gasteiger partial charge in [0.1, 0.15) is 5.54 Å². The third kappa shape index (κ3) is 4.89. The van der Waals surface area contributed by atoms with Crippen LogP contribution in [-0.2, 0) is 4.79 Å². The topological polar surface area (TPSA) is 82.2 Å². The van der Waals surface area contributed by atoms with Gasteiger partial charge in [0.15, 0.2) is 0 Å². The number of piperidine rings is 1. The fraction of sp³-hybridized carbons (Fsp3) is 0.857. The Morgan fingerprint density at radius 3 is 2.40 bits per heavy atom. The summed E-state index contributed by atoms with van der Waals surface area (Å²) < 4.78 is 0. The Labute approximate surface area is 123 Å². The molecule has 0 aromatic heterocycles. The van der Waals surface area contributed by atoms with Crippen molar-refractivity contribution in [3.8, 4) is 6.07 Å². The van der Waals surface area contributed by atoms with Gasteiger partial charge in [0, 0.05) is 21.2 Å². The maximum Gasteiger partial charge on any atom is 0.237 e. The number of likely N-dealkylation sites (tertiary alicyclic amines) is 1. The van der Waals surface area contributed by atoms with Crippen LogP contribution in [0.5, 0.6) is 0 Å². The summed E-state index contributed by atoms with van der Waals surface area (Å²) in [6, 6.07) is 2.57. The maximum absolute atomic E-state index is 12.2. The third-order valence-electron chi connectivity index (χ3n) is 3.90. The van der Waals surface area contributed by atoms with Gasteiger partial charge in [-0.05, 0) is 25.4 Å². The van der Waals surface area contributed by atoms with E-state index in [9.17, 15) is 10.1 Å². The number of hydrogen-bond acceptors (Lipinski definition) is 4. The summed E-state index contributed by atoms with van der Waals surface area (Å²) in [5.74, 6) is -0.168. The molecule has 114 valence electrons. The number of carbonyl (C=O) groups is 1. The van der Waals surface area contributed by atoms with E-state index in [0.717, 1.165) is 25.7 Å². The van der Waals surface area contributed by atoms with Gasteiger partial charge >= 0.3 is 0 Å². The van der Waals surface area contributed by atoms with Gasteiger partial charge in [-0.2, -0.15) is 5.26 Å². The van der Waals surface area contributed by atoms with Crippen LogP contribution in [0, 0.1) is 11.3 Å². The zero-order chi connectivity index (χ0) is 15.4. The van der Waals surface area contributed by atoms with Crippen molar-refractivity contribution in [2.45, 2.75) is 57.0 Å². The van der Waals surface area contributed by atoms with Crippen LogP contribution >= 0.6 is 0 Å². The lowest BCUT2D eigenvalue weighted by Crippen LogP contribution is -2.58. The van der Waals surface area contributed by atoms with Crippen molar-refractivity contribution in [2.75, 3.05) is 19.6 Å². The molecule has 0 aromatic rings. The van der Waals surface area contributed by atoms with E-state index in [4.69, 9.17) is 5.73 Å². The van der Waals surface area contributed by atoms with E-state index >= 15 is 0 Å². The Morgan fingerprint density at radius 2 is 2.00 bits per heavy atom. The largest absolute Gasteiger partial charge is 0.336 e. The summed E-state index contributed by atoms with van der Waals surface area (Å²) in [7, 11) is -1.38. The van der Waals surface area contributed by atoms with Gasteiger partial charge in [-0.25, -0.2) is 0 Å². The Kier molecular flexibility index (Phi) is 5.75. The summed E-state index contributed by atoms with van der Waals surface area (Å²) >= 11 is 0. The predicted octanol–water partition coefficient (Wildman–Crippen LogP) is 1.15. The maximum atomic E-state index is 12.2. The summed E-state index contributed by atoms with van der Waals surface area (Å²) in [4.78, 5) is 14.5. The molecule has 1 heterocycles. The number of hydrogen-bond donors (Lipinski definition) is 2. The molecule has 1 saturated heterocycles. The molecule has 0 saturated carbocycles. The van der Waals surface area contributed by atoms with Crippen LogP contribution in [0.25, 0.3) is 0 Å². The molecule has 0 spiro atoms. The van der Waals surface area contributed by atoms with Crippen LogP contribution in [0.4, 0.5) is 0 Å². The van der Waals surface area contributed by atoms with E-state index in [1.165, 1.54) is 0 Å². The highest BCUT2D eigenvalue weighted by molar-refractivity contribution is 6.76. The van der Waals surface area contributed by atoms with E-state index in [-0.39, 0.29) is 5.91 Å².